The second-order valence-corrected chi connectivity index (χ2v) is 5.94. The molecular weight excluding hydrogens is 376 g/mol. The van der Waals surface area contributed by atoms with Crippen molar-refractivity contribution in [3.05, 3.63) is 65.7 Å². The van der Waals surface area contributed by atoms with Crippen molar-refractivity contribution in [1.29, 1.82) is 0 Å². The topological polar surface area (TPSA) is 111 Å². The van der Waals surface area contributed by atoms with Crippen LogP contribution in [-0.4, -0.2) is 37.3 Å². The SMILES string of the molecule is CCC(=O)c1ccc(OCC(=O)O[C@@H](C(=O)NC(=O)NC)c2ccccc2)cc1. The maximum Gasteiger partial charge on any atom is 0.345 e. The molecule has 0 fully saturated rings. The predicted octanol–water partition coefficient (Wildman–Crippen LogP) is 2.40. The van der Waals surface area contributed by atoms with Crippen LogP contribution in [0.2, 0.25) is 0 Å². The molecule has 0 saturated heterocycles. The second-order valence-electron chi connectivity index (χ2n) is 5.94. The summed E-state index contributed by atoms with van der Waals surface area (Å²) in [6, 6.07) is 14.0. The fourth-order valence-corrected chi connectivity index (χ4v) is 2.39. The minimum absolute atomic E-state index is 0.00351. The second kappa shape index (κ2) is 10.6. The molecule has 152 valence electrons. The van der Waals surface area contributed by atoms with E-state index in [4.69, 9.17) is 9.47 Å². The molecule has 8 nitrogen and oxygen atoms in total. The van der Waals surface area contributed by atoms with Crippen molar-refractivity contribution in [2.75, 3.05) is 13.7 Å². The van der Waals surface area contributed by atoms with Crippen LogP contribution in [0, 0.1) is 0 Å². The van der Waals surface area contributed by atoms with Gasteiger partial charge in [-0.25, -0.2) is 9.59 Å². The average molecular weight is 398 g/mol. The molecule has 8 heteroatoms. The van der Waals surface area contributed by atoms with E-state index in [-0.39, 0.29) is 5.78 Å². The fourth-order valence-electron chi connectivity index (χ4n) is 2.39. The predicted molar refractivity (Wildman–Crippen MR) is 104 cm³/mol. The molecule has 2 aromatic rings. The Morgan fingerprint density at radius 3 is 2.21 bits per heavy atom. The van der Waals surface area contributed by atoms with Gasteiger partial charge in [-0.05, 0) is 24.3 Å². The van der Waals surface area contributed by atoms with Gasteiger partial charge in [-0.1, -0.05) is 37.3 Å². The Kier molecular flexibility index (Phi) is 7.90. The van der Waals surface area contributed by atoms with Crippen LogP contribution in [0.25, 0.3) is 0 Å². The first-order valence-electron chi connectivity index (χ1n) is 8.97. The normalized spacial score (nSPS) is 11.1. The molecule has 0 aromatic heterocycles. The molecule has 0 aliphatic heterocycles. The number of amides is 3. The van der Waals surface area contributed by atoms with Gasteiger partial charge >= 0.3 is 12.0 Å². The Balaban J connectivity index is 2.01. The Hall–Kier alpha value is -3.68. The zero-order valence-electron chi connectivity index (χ0n) is 16.1. The zero-order chi connectivity index (χ0) is 21.2. The Labute approximate surface area is 168 Å². The molecule has 2 rings (SSSR count). The number of hydrogen-bond acceptors (Lipinski definition) is 6. The Bertz CT molecular complexity index is 864. The van der Waals surface area contributed by atoms with Gasteiger partial charge in [0.25, 0.3) is 5.91 Å². The molecule has 0 saturated carbocycles. The molecule has 0 heterocycles. The third kappa shape index (κ3) is 6.46. The van der Waals surface area contributed by atoms with E-state index < -0.39 is 30.6 Å². The van der Waals surface area contributed by atoms with E-state index >= 15 is 0 Å². The van der Waals surface area contributed by atoms with Crippen LogP contribution in [0.5, 0.6) is 5.75 Å². The van der Waals surface area contributed by atoms with Gasteiger partial charge in [-0.2, -0.15) is 0 Å². The van der Waals surface area contributed by atoms with Crippen LogP contribution in [0.4, 0.5) is 4.79 Å². The molecule has 0 aliphatic rings. The number of hydrogen-bond donors (Lipinski definition) is 2. The summed E-state index contributed by atoms with van der Waals surface area (Å²) in [7, 11) is 1.36. The molecule has 1 atom stereocenters. The number of Topliss-reactive ketones (excluding diaryl/α,β-unsaturated/α-hetero) is 1. The highest BCUT2D eigenvalue weighted by Gasteiger charge is 2.26. The molecule has 0 radical (unpaired) electrons. The van der Waals surface area contributed by atoms with E-state index in [0.29, 0.717) is 23.3 Å². The summed E-state index contributed by atoms with van der Waals surface area (Å²) in [4.78, 5) is 47.6. The van der Waals surface area contributed by atoms with Crippen molar-refractivity contribution in [2.24, 2.45) is 0 Å². The Morgan fingerprint density at radius 2 is 1.62 bits per heavy atom. The van der Waals surface area contributed by atoms with Crippen LogP contribution >= 0.6 is 0 Å². The summed E-state index contributed by atoms with van der Waals surface area (Å²) in [6.07, 6.45) is -0.917. The monoisotopic (exact) mass is 398 g/mol. The van der Waals surface area contributed by atoms with Gasteiger partial charge in [0, 0.05) is 24.6 Å². The summed E-state index contributed by atoms with van der Waals surface area (Å²) in [5.74, 6) is -1.20. The number of ketones is 1. The minimum Gasteiger partial charge on any atom is -0.482 e. The van der Waals surface area contributed by atoms with E-state index in [2.05, 4.69) is 10.6 Å². The Morgan fingerprint density at radius 1 is 0.966 bits per heavy atom. The van der Waals surface area contributed by atoms with E-state index in [0.717, 1.165) is 0 Å². The first-order valence-corrected chi connectivity index (χ1v) is 8.97. The summed E-state index contributed by atoms with van der Waals surface area (Å²) in [5.41, 5.74) is 0.960. The van der Waals surface area contributed by atoms with Gasteiger partial charge < -0.3 is 14.8 Å². The van der Waals surface area contributed by atoms with Gasteiger partial charge in [-0.3, -0.25) is 14.9 Å². The zero-order valence-corrected chi connectivity index (χ0v) is 16.1. The minimum atomic E-state index is -1.31. The van der Waals surface area contributed by atoms with Gasteiger partial charge in [0.1, 0.15) is 5.75 Å². The maximum atomic E-state index is 12.3. The van der Waals surface area contributed by atoms with Crippen LogP contribution in [-0.2, 0) is 14.3 Å². The van der Waals surface area contributed by atoms with E-state index in [1.54, 1.807) is 61.5 Å². The van der Waals surface area contributed by atoms with Gasteiger partial charge in [0.2, 0.25) is 6.10 Å². The van der Waals surface area contributed by atoms with E-state index in [1.165, 1.54) is 7.05 Å². The summed E-state index contributed by atoms with van der Waals surface area (Å²) >= 11 is 0. The van der Waals surface area contributed by atoms with Gasteiger partial charge in [0.15, 0.2) is 12.4 Å². The molecule has 0 unspecified atom stereocenters. The summed E-state index contributed by atoms with van der Waals surface area (Å²) < 4.78 is 10.6. The fraction of sp³-hybridized carbons (Fsp3) is 0.238. The van der Waals surface area contributed by atoms with Crippen molar-refractivity contribution in [3.8, 4) is 5.75 Å². The lowest BCUT2D eigenvalue weighted by molar-refractivity contribution is -0.158. The highest BCUT2D eigenvalue weighted by molar-refractivity contribution is 5.97. The average Bonchev–Trinajstić information content (AvgIpc) is 2.76. The highest BCUT2D eigenvalue weighted by atomic mass is 16.6. The molecule has 2 aromatic carbocycles. The highest BCUT2D eigenvalue weighted by Crippen LogP contribution is 2.19. The standard InChI is InChI=1S/C21H22N2O6/c1-3-17(24)14-9-11-16(12-10-14)28-13-18(25)29-19(15-7-5-4-6-8-15)20(26)23-21(27)22-2/h4-12,19H,3,13H2,1-2H3,(H2,22,23,26,27)/t19-/m1/s1. The largest absolute Gasteiger partial charge is 0.482 e. The number of imide groups is 1. The number of carbonyl (C=O) groups is 4. The number of urea groups is 1. The lowest BCUT2D eigenvalue weighted by Gasteiger charge is -2.17. The third-order valence-corrected chi connectivity index (χ3v) is 3.91. The molecule has 0 bridgehead atoms. The third-order valence-electron chi connectivity index (χ3n) is 3.91. The number of nitrogens with one attached hydrogen (secondary N) is 2. The van der Waals surface area contributed by atoms with E-state index in [9.17, 15) is 19.2 Å². The molecule has 29 heavy (non-hydrogen) atoms. The molecule has 2 N–H and O–H groups in total. The van der Waals surface area contributed by atoms with Crippen LogP contribution in [0.1, 0.15) is 35.4 Å². The van der Waals surface area contributed by atoms with Crippen molar-refractivity contribution in [2.45, 2.75) is 19.4 Å². The summed E-state index contributed by atoms with van der Waals surface area (Å²) in [5, 5.41) is 4.35. The van der Waals surface area contributed by atoms with Crippen LogP contribution in [0.15, 0.2) is 54.6 Å². The quantitative estimate of drug-likeness (QED) is 0.522. The molecule has 3 amide bonds. The van der Waals surface area contributed by atoms with Crippen LogP contribution in [0.3, 0.4) is 0 Å². The lowest BCUT2D eigenvalue weighted by Crippen LogP contribution is -2.41. The van der Waals surface area contributed by atoms with Crippen molar-refractivity contribution < 1.29 is 28.7 Å². The van der Waals surface area contributed by atoms with Gasteiger partial charge in [0.05, 0.1) is 0 Å². The van der Waals surface area contributed by atoms with Crippen molar-refractivity contribution >= 4 is 23.7 Å². The van der Waals surface area contributed by atoms with Crippen LogP contribution < -0.4 is 15.4 Å². The summed E-state index contributed by atoms with van der Waals surface area (Å²) in [6.45, 7) is 1.32. The van der Waals surface area contributed by atoms with Crippen molar-refractivity contribution in [1.82, 2.24) is 10.6 Å². The number of benzene rings is 2. The number of rotatable bonds is 8. The molecule has 0 spiro atoms. The lowest BCUT2D eigenvalue weighted by atomic mass is 10.1. The van der Waals surface area contributed by atoms with Gasteiger partial charge in [-0.15, -0.1) is 0 Å². The van der Waals surface area contributed by atoms with E-state index in [1.807, 2.05) is 0 Å². The smallest absolute Gasteiger partial charge is 0.345 e. The molecular formula is C21H22N2O6. The van der Waals surface area contributed by atoms with Crippen molar-refractivity contribution in [3.63, 3.8) is 0 Å². The number of ether oxygens (including phenoxy) is 2. The first-order chi connectivity index (χ1) is 13.9. The molecule has 0 aliphatic carbocycles. The number of esters is 1. The number of carbonyl (C=O) groups excluding carboxylic acids is 4. The maximum absolute atomic E-state index is 12.3. The first kappa shape index (κ1) is 21.6.